The van der Waals surface area contributed by atoms with Crippen molar-refractivity contribution in [2.24, 2.45) is 5.92 Å². The van der Waals surface area contributed by atoms with Gasteiger partial charge in [-0.15, -0.1) is 0 Å². The van der Waals surface area contributed by atoms with E-state index in [1.54, 1.807) is 11.1 Å². The molecule has 0 unspecified atom stereocenters. The Hall–Kier alpha value is -4.07. The maximum absolute atomic E-state index is 12.7. The first-order valence-corrected chi connectivity index (χ1v) is 12.2. The number of aromatic nitrogens is 1. The van der Waals surface area contributed by atoms with Crippen molar-refractivity contribution >= 4 is 11.8 Å². The van der Waals surface area contributed by atoms with Crippen LogP contribution in [0, 0.1) is 5.92 Å². The van der Waals surface area contributed by atoms with Crippen molar-refractivity contribution in [1.82, 2.24) is 15.2 Å². The van der Waals surface area contributed by atoms with E-state index >= 15 is 0 Å². The molecule has 1 aromatic heterocycles. The van der Waals surface area contributed by atoms with E-state index < -0.39 is 0 Å². The molecule has 8 heteroatoms. The second-order valence-corrected chi connectivity index (χ2v) is 8.48. The molecule has 8 nitrogen and oxygen atoms in total. The molecule has 1 N–H and O–H groups in total. The van der Waals surface area contributed by atoms with Crippen LogP contribution >= 0.6 is 0 Å². The van der Waals surface area contributed by atoms with E-state index in [2.05, 4.69) is 10.3 Å². The summed E-state index contributed by atoms with van der Waals surface area (Å²) in [6, 6.07) is 20.3. The van der Waals surface area contributed by atoms with Crippen molar-refractivity contribution in [3.63, 3.8) is 0 Å². The van der Waals surface area contributed by atoms with Gasteiger partial charge in [-0.3, -0.25) is 9.59 Å². The Labute approximate surface area is 211 Å². The van der Waals surface area contributed by atoms with Crippen LogP contribution in [0.15, 0.2) is 72.9 Å². The normalized spacial score (nSPS) is 13.6. The van der Waals surface area contributed by atoms with Crippen LogP contribution < -0.4 is 19.5 Å². The Kier molecular flexibility index (Phi) is 8.75. The van der Waals surface area contributed by atoms with E-state index in [1.165, 1.54) is 0 Å². The van der Waals surface area contributed by atoms with Gasteiger partial charge >= 0.3 is 0 Å². The lowest BCUT2D eigenvalue weighted by atomic mass is 9.96. The maximum Gasteiger partial charge on any atom is 0.260 e. The van der Waals surface area contributed by atoms with E-state index in [4.69, 9.17) is 14.2 Å². The minimum atomic E-state index is -0.120. The van der Waals surface area contributed by atoms with E-state index in [0.29, 0.717) is 56.5 Å². The van der Waals surface area contributed by atoms with Crippen LogP contribution in [-0.2, 0) is 16.1 Å². The van der Waals surface area contributed by atoms with Crippen molar-refractivity contribution in [2.75, 3.05) is 26.3 Å². The molecule has 0 aliphatic carbocycles. The van der Waals surface area contributed by atoms with Crippen molar-refractivity contribution in [2.45, 2.75) is 26.3 Å². The van der Waals surface area contributed by atoms with Crippen LogP contribution in [-0.4, -0.2) is 48.0 Å². The summed E-state index contributed by atoms with van der Waals surface area (Å²) in [6.45, 7) is 4.02. The lowest BCUT2D eigenvalue weighted by molar-refractivity contribution is -0.137. The standard InChI is InChI=1S/C28H31N3O5/c1-2-34-24-8-10-25(11-9-24)36-26-18-21(12-15-29-26)19-30-28(33)22-13-16-31(17-14-22)27(32)20-35-23-6-4-3-5-7-23/h3-12,15,18,22H,2,13-14,16-17,19-20H2,1H3,(H,30,33). The van der Waals surface area contributed by atoms with E-state index in [9.17, 15) is 9.59 Å². The number of hydrogen-bond acceptors (Lipinski definition) is 6. The zero-order valence-corrected chi connectivity index (χ0v) is 20.4. The molecule has 2 aromatic carbocycles. The van der Waals surface area contributed by atoms with Crippen LogP contribution in [0.5, 0.6) is 23.1 Å². The molecular weight excluding hydrogens is 458 g/mol. The van der Waals surface area contributed by atoms with Gasteiger partial charge in [0, 0.05) is 37.8 Å². The van der Waals surface area contributed by atoms with Gasteiger partial charge in [0.25, 0.3) is 5.91 Å². The smallest absolute Gasteiger partial charge is 0.260 e. The number of pyridine rings is 1. The molecule has 0 radical (unpaired) electrons. The summed E-state index contributed by atoms with van der Waals surface area (Å²) in [7, 11) is 0. The third-order valence-corrected chi connectivity index (χ3v) is 5.95. The molecule has 0 saturated carbocycles. The average Bonchev–Trinajstić information content (AvgIpc) is 2.92. The van der Waals surface area contributed by atoms with Gasteiger partial charge in [-0.25, -0.2) is 4.98 Å². The molecule has 0 spiro atoms. The molecule has 2 amide bonds. The van der Waals surface area contributed by atoms with Gasteiger partial charge in [-0.1, -0.05) is 18.2 Å². The molecule has 0 atom stereocenters. The number of hydrogen-bond donors (Lipinski definition) is 1. The van der Waals surface area contributed by atoms with Gasteiger partial charge in [0.05, 0.1) is 6.61 Å². The lowest BCUT2D eigenvalue weighted by Gasteiger charge is -2.31. The molecule has 1 aliphatic heterocycles. The van der Waals surface area contributed by atoms with Gasteiger partial charge in [-0.05, 0) is 67.8 Å². The lowest BCUT2D eigenvalue weighted by Crippen LogP contribution is -2.44. The number of ether oxygens (including phenoxy) is 3. The highest BCUT2D eigenvalue weighted by atomic mass is 16.5. The molecule has 2 heterocycles. The Morgan fingerprint density at radius 3 is 2.36 bits per heavy atom. The van der Waals surface area contributed by atoms with Crippen LogP contribution in [0.2, 0.25) is 0 Å². The first-order valence-electron chi connectivity index (χ1n) is 12.2. The molecule has 188 valence electrons. The van der Waals surface area contributed by atoms with Gasteiger partial charge in [0.2, 0.25) is 11.8 Å². The molecule has 4 rings (SSSR count). The topological polar surface area (TPSA) is 90.0 Å². The number of piperidine rings is 1. The van der Waals surface area contributed by atoms with E-state index in [-0.39, 0.29) is 24.3 Å². The monoisotopic (exact) mass is 489 g/mol. The van der Waals surface area contributed by atoms with E-state index in [1.807, 2.05) is 73.7 Å². The zero-order valence-electron chi connectivity index (χ0n) is 20.4. The number of amides is 2. The molecule has 3 aromatic rings. The molecule has 1 aliphatic rings. The quantitative estimate of drug-likeness (QED) is 0.459. The second kappa shape index (κ2) is 12.6. The summed E-state index contributed by atoms with van der Waals surface area (Å²) in [5, 5.41) is 3.01. The summed E-state index contributed by atoms with van der Waals surface area (Å²) < 4.78 is 16.8. The maximum atomic E-state index is 12.7. The predicted octanol–water partition coefficient (Wildman–Crippen LogP) is 4.21. The third-order valence-electron chi connectivity index (χ3n) is 5.95. The number of nitrogens with zero attached hydrogens (tertiary/aromatic N) is 2. The second-order valence-electron chi connectivity index (χ2n) is 8.48. The number of benzene rings is 2. The summed E-state index contributed by atoms with van der Waals surface area (Å²) in [6.07, 6.45) is 2.92. The van der Waals surface area contributed by atoms with Crippen molar-refractivity contribution in [3.05, 3.63) is 78.5 Å². The number of rotatable bonds is 10. The zero-order chi connectivity index (χ0) is 25.2. The van der Waals surface area contributed by atoms with Crippen molar-refractivity contribution in [3.8, 4) is 23.1 Å². The highest BCUT2D eigenvalue weighted by molar-refractivity contribution is 5.80. The molecule has 1 saturated heterocycles. The number of likely N-dealkylation sites (tertiary alicyclic amines) is 1. The molecule has 0 bridgehead atoms. The number of nitrogens with one attached hydrogen (secondary N) is 1. The first-order chi connectivity index (χ1) is 17.6. The summed E-state index contributed by atoms with van der Waals surface area (Å²) >= 11 is 0. The summed E-state index contributed by atoms with van der Waals surface area (Å²) in [5.41, 5.74) is 0.893. The minimum Gasteiger partial charge on any atom is -0.494 e. The third kappa shape index (κ3) is 7.21. The van der Waals surface area contributed by atoms with Crippen LogP contribution in [0.25, 0.3) is 0 Å². The Morgan fingerprint density at radius 2 is 1.64 bits per heavy atom. The number of carbonyl (C=O) groups excluding carboxylic acids is 2. The van der Waals surface area contributed by atoms with Crippen LogP contribution in [0.3, 0.4) is 0 Å². The number of para-hydroxylation sites is 1. The Morgan fingerprint density at radius 1 is 0.944 bits per heavy atom. The first kappa shape index (κ1) is 25.0. The summed E-state index contributed by atoms with van der Waals surface area (Å²) in [5.74, 6) is 2.38. The molecule has 1 fully saturated rings. The van der Waals surface area contributed by atoms with Gasteiger partial charge in [0.1, 0.15) is 17.2 Å². The van der Waals surface area contributed by atoms with E-state index in [0.717, 1.165) is 11.3 Å². The molecule has 36 heavy (non-hydrogen) atoms. The Bertz CT molecular complexity index is 1130. The van der Waals surface area contributed by atoms with Gasteiger partial charge < -0.3 is 24.4 Å². The fourth-order valence-electron chi connectivity index (χ4n) is 3.99. The average molecular weight is 490 g/mol. The fraction of sp³-hybridized carbons (Fsp3) is 0.321. The highest BCUT2D eigenvalue weighted by Gasteiger charge is 2.27. The highest BCUT2D eigenvalue weighted by Crippen LogP contribution is 2.23. The number of carbonyl (C=O) groups is 2. The molecular formula is C28H31N3O5. The van der Waals surface area contributed by atoms with Crippen molar-refractivity contribution in [1.29, 1.82) is 0 Å². The van der Waals surface area contributed by atoms with Gasteiger partial charge in [0.15, 0.2) is 6.61 Å². The minimum absolute atomic E-state index is 0.00395. The van der Waals surface area contributed by atoms with Crippen LogP contribution in [0.4, 0.5) is 0 Å². The fourth-order valence-corrected chi connectivity index (χ4v) is 3.99. The summed E-state index contributed by atoms with van der Waals surface area (Å²) in [4.78, 5) is 31.2. The predicted molar refractivity (Wildman–Crippen MR) is 135 cm³/mol. The SMILES string of the molecule is CCOc1ccc(Oc2cc(CNC(=O)C3CCN(C(=O)COc4ccccc4)CC3)ccn2)cc1. The van der Waals surface area contributed by atoms with Gasteiger partial charge in [-0.2, -0.15) is 0 Å². The Balaban J connectivity index is 1.20. The van der Waals surface area contributed by atoms with Crippen LogP contribution in [0.1, 0.15) is 25.3 Å². The van der Waals surface area contributed by atoms with Crippen molar-refractivity contribution < 1.29 is 23.8 Å². The largest absolute Gasteiger partial charge is 0.494 e.